The summed E-state index contributed by atoms with van der Waals surface area (Å²) in [5.41, 5.74) is 0. The van der Waals surface area contributed by atoms with Crippen LogP contribution >= 0.6 is 12.2 Å². The molecule has 0 heterocycles. The standard InChI is InChI=1S/C6H10BOS/c8-7-5-1-3-6(9)4-2-5/h5,8H,1-4H2. The minimum atomic E-state index is 0.414. The van der Waals surface area contributed by atoms with Crippen molar-refractivity contribution in [3.8, 4) is 0 Å². The van der Waals surface area contributed by atoms with E-state index in [9.17, 15) is 0 Å². The van der Waals surface area contributed by atoms with E-state index in [0.717, 1.165) is 25.7 Å². The Hall–Kier alpha value is 0.115. The minimum absolute atomic E-state index is 0.414. The molecule has 1 nitrogen and oxygen atoms in total. The normalized spacial score (nSPS) is 22.1. The molecule has 0 atom stereocenters. The van der Waals surface area contributed by atoms with E-state index in [1.165, 1.54) is 12.3 Å². The molecule has 0 spiro atoms. The van der Waals surface area contributed by atoms with Crippen LogP contribution in [-0.2, 0) is 0 Å². The lowest BCUT2D eigenvalue weighted by Crippen LogP contribution is -2.12. The van der Waals surface area contributed by atoms with E-state index < -0.39 is 0 Å². The lowest BCUT2D eigenvalue weighted by Gasteiger charge is -2.18. The fourth-order valence-electron chi connectivity index (χ4n) is 1.11. The summed E-state index contributed by atoms with van der Waals surface area (Å²) in [7, 11) is 1.31. The predicted molar refractivity (Wildman–Crippen MR) is 42.8 cm³/mol. The zero-order valence-electron chi connectivity index (χ0n) is 5.34. The summed E-state index contributed by atoms with van der Waals surface area (Å²) >= 11 is 5.01. The van der Waals surface area contributed by atoms with E-state index in [0.29, 0.717) is 5.82 Å². The van der Waals surface area contributed by atoms with Gasteiger partial charge in [-0.15, -0.1) is 0 Å². The molecule has 9 heavy (non-hydrogen) atoms. The molecule has 1 saturated carbocycles. The van der Waals surface area contributed by atoms with Crippen molar-refractivity contribution in [2.24, 2.45) is 0 Å². The first kappa shape index (κ1) is 7.22. The van der Waals surface area contributed by atoms with Gasteiger partial charge in [0, 0.05) is 0 Å². The molecule has 0 aromatic heterocycles. The van der Waals surface area contributed by atoms with Crippen molar-refractivity contribution in [1.29, 1.82) is 0 Å². The van der Waals surface area contributed by atoms with Gasteiger partial charge in [0.1, 0.15) is 0 Å². The van der Waals surface area contributed by atoms with Gasteiger partial charge >= 0.3 is 0 Å². The van der Waals surface area contributed by atoms with Gasteiger partial charge in [-0.25, -0.2) is 0 Å². The van der Waals surface area contributed by atoms with Crippen molar-refractivity contribution in [2.75, 3.05) is 0 Å². The van der Waals surface area contributed by atoms with Gasteiger partial charge in [0.05, 0.1) is 0 Å². The van der Waals surface area contributed by atoms with Crippen molar-refractivity contribution in [2.45, 2.75) is 31.5 Å². The molecule has 0 unspecified atom stereocenters. The van der Waals surface area contributed by atoms with Crippen LogP contribution in [0.1, 0.15) is 25.7 Å². The Morgan fingerprint density at radius 2 is 2.00 bits per heavy atom. The molecule has 1 fully saturated rings. The van der Waals surface area contributed by atoms with Crippen LogP contribution in [0.4, 0.5) is 0 Å². The number of thiocarbonyl (C=S) groups is 1. The third-order valence-corrected chi connectivity index (χ3v) is 2.21. The van der Waals surface area contributed by atoms with Gasteiger partial charge in [-0.05, 0) is 23.5 Å². The largest absolute Gasteiger partial charge is 0.454 e. The highest BCUT2D eigenvalue weighted by Gasteiger charge is 2.16. The molecular weight excluding hydrogens is 131 g/mol. The van der Waals surface area contributed by atoms with Crippen LogP contribution in [-0.4, -0.2) is 17.4 Å². The maximum atomic E-state index is 8.61. The Balaban J connectivity index is 2.26. The second-order valence-electron chi connectivity index (χ2n) is 2.53. The highest BCUT2D eigenvalue weighted by molar-refractivity contribution is 7.80. The summed E-state index contributed by atoms with van der Waals surface area (Å²) in [4.78, 5) is 1.17. The SMILES string of the molecule is O[B]C1CCC(=S)CC1. The van der Waals surface area contributed by atoms with E-state index in [2.05, 4.69) is 0 Å². The average Bonchev–Trinajstić information content (AvgIpc) is 1.90. The lowest BCUT2D eigenvalue weighted by atomic mass is 9.71. The Morgan fingerprint density at radius 1 is 1.44 bits per heavy atom. The quantitative estimate of drug-likeness (QED) is 0.439. The molecule has 1 N–H and O–H groups in total. The maximum absolute atomic E-state index is 8.61. The molecule has 0 aliphatic heterocycles. The molecule has 1 aliphatic carbocycles. The van der Waals surface area contributed by atoms with Gasteiger partial charge in [-0.3, -0.25) is 0 Å². The van der Waals surface area contributed by atoms with Crippen molar-refractivity contribution < 1.29 is 5.02 Å². The van der Waals surface area contributed by atoms with E-state index >= 15 is 0 Å². The highest BCUT2D eigenvalue weighted by atomic mass is 32.1. The minimum Gasteiger partial charge on any atom is -0.454 e. The molecule has 0 bridgehead atoms. The van der Waals surface area contributed by atoms with Crippen molar-refractivity contribution in [3.05, 3.63) is 0 Å². The number of rotatable bonds is 1. The van der Waals surface area contributed by atoms with Gasteiger partial charge in [0.2, 0.25) is 0 Å². The van der Waals surface area contributed by atoms with Crippen LogP contribution in [0, 0.1) is 0 Å². The Bertz CT molecular complexity index is 106. The van der Waals surface area contributed by atoms with E-state index in [1.807, 2.05) is 0 Å². The van der Waals surface area contributed by atoms with E-state index in [1.54, 1.807) is 0 Å². The van der Waals surface area contributed by atoms with Crippen LogP contribution in [0.25, 0.3) is 0 Å². The number of hydrogen-bond acceptors (Lipinski definition) is 2. The van der Waals surface area contributed by atoms with E-state index in [-0.39, 0.29) is 0 Å². The zero-order valence-corrected chi connectivity index (χ0v) is 6.16. The van der Waals surface area contributed by atoms with Crippen LogP contribution < -0.4 is 0 Å². The molecule has 1 radical (unpaired) electrons. The van der Waals surface area contributed by atoms with Crippen LogP contribution in [0.5, 0.6) is 0 Å². The molecule has 49 valence electrons. The summed E-state index contributed by atoms with van der Waals surface area (Å²) in [5, 5.41) is 8.61. The number of hydrogen-bond donors (Lipinski definition) is 1. The summed E-state index contributed by atoms with van der Waals surface area (Å²) < 4.78 is 0. The van der Waals surface area contributed by atoms with Crippen LogP contribution in [0.3, 0.4) is 0 Å². The fraction of sp³-hybridized carbons (Fsp3) is 0.833. The first-order valence-electron chi connectivity index (χ1n) is 3.32. The summed E-state index contributed by atoms with van der Waals surface area (Å²) in [6, 6.07) is 0. The molecule has 0 saturated heterocycles. The van der Waals surface area contributed by atoms with Gasteiger partial charge in [0.15, 0.2) is 0 Å². The Kier molecular flexibility index (Phi) is 2.67. The molecule has 3 heteroatoms. The monoisotopic (exact) mass is 141 g/mol. The fourth-order valence-corrected chi connectivity index (χ4v) is 1.35. The Morgan fingerprint density at radius 3 is 2.44 bits per heavy atom. The summed E-state index contributed by atoms with van der Waals surface area (Å²) in [6.07, 6.45) is 4.15. The van der Waals surface area contributed by atoms with Gasteiger partial charge in [-0.1, -0.05) is 25.1 Å². The lowest BCUT2D eigenvalue weighted by molar-refractivity contribution is 0.544. The molecular formula is C6H10BOS. The molecule has 1 rings (SSSR count). The average molecular weight is 141 g/mol. The highest BCUT2D eigenvalue weighted by Crippen LogP contribution is 2.25. The summed E-state index contributed by atoms with van der Waals surface area (Å²) in [5.74, 6) is 0.414. The second kappa shape index (κ2) is 3.33. The topological polar surface area (TPSA) is 20.2 Å². The smallest absolute Gasteiger partial charge is 0.290 e. The second-order valence-corrected chi connectivity index (χ2v) is 3.10. The van der Waals surface area contributed by atoms with Gasteiger partial charge in [0.25, 0.3) is 7.48 Å². The van der Waals surface area contributed by atoms with Crippen molar-refractivity contribution in [3.63, 3.8) is 0 Å². The van der Waals surface area contributed by atoms with E-state index in [4.69, 9.17) is 17.2 Å². The first-order valence-corrected chi connectivity index (χ1v) is 3.73. The third kappa shape index (κ3) is 2.07. The zero-order chi connectivity index (χ0) is 6.69. The molecule has 0 amide bonds. The Labute approximate surface area is 61.7 Å². The third-order valence-electron chi connectivity index (χ3n) is 1.80. The predicted octanol–water partition coefficient (Wildman–Crippen LogP) is 1.33. The van der Waals surface area contributed by atoms with Crippen molar-refractivity contribution in [1.82, 2.24) is 0 Å². The molecule has 0 aromatic rings. The summed E-state index contributed by atoms with van der Waals surface area (Å²) in [6.45, 7) is 0. The van der Waals surface area contributed by atoms with Gasteiger partial charge in [-0.2, -0.15) is 0 Å². The molecule has 0 aromatic carbocycles. The van der Waals surface area contributed by atoms with Crippen LogP contribution in [0.15, 0.2) is 0 Å². The van der Waals surface area contributed by atoms with Crippen molar-refractivity contribution >= 4 is 24.6 Å². The molecule has 1 aliphatic rings. The van der Waals surface area contributed by atoms with Gasteiger partial charge < -0.3 is 5.02 Å². The van der Waals surface area contributed by atoms with Crippen LogP contribution in [0.2, 0.25) is 5.82 Å². The first-order chi connectivity index (χ1) is 4.33. The maximum Gasteiger partial charge on any atom is 0.290 e.